The van der Waals surface area contributed by atoms with Gasteiger partial charge in [0, 0.05) is 6.20 Å². The van der Waals surface area contributed by atoms with Crippen LogP contribution in [-0.2, 0) is 0 Å². The zero-order chi connectivity index (χ0) is 11.5. The summed E-state index contributed by atoms with van der Waals surface area (Å²) in [6, 6.07) is 1.40. The van der Waals surface area contributed by atoms with Gasteiger partial charge in [0.1, 0.15) is 10.7 Å². The topological polar surface area (TPSA) is 67.8 Å². The van der Waals surface area contributed by atoms with Gasteiger partial charge >= 0.3 is 0 Å². The highest BCUT2D eigenvalue weighted by Gasteiger charge is 2.12. The largest absolute Gasteiger partial charge is 0.296 e. The summed E-state index contributed by atoms with van der Waals surface area (Å²) in [5.41, 5.74) is 1.75. The van der Waals surface area contributed by atoms with E-state index in [1.807, 2.05) is 0 Å². The Hall–Kier alpha value is -1.24. The predicted octanol–water partition coefficient (Wildman–Crippen LogP) is 2.49. The lowest BCUT2D eigenvalue weighted by Crippen LogP contribution is -2.12. The molecule has 1 N–H and O–H groups in total. The number of pyridine rings is 1. The van der Waals surface area contributed by atoms with Crippen molar-refractivity contribution in [1.29, 1.82) is 0 Å². The number of carbonyl (C=O) groups excluding carboxylic acids is 1. The van der Waals surface area contributed by atoms with Gasteiger partial charge in [-0.2, -0.15) is 0 Å². The maximum Gasteiger partial charge on any atom is 0.260 e. The molecule has 16 heavy (non-hydrogen) atoms. The standard InChI is InChI=1S/C8H4Cl2N4OS/c9-5-1-6(10)11-2-4(5)7(15)13-8-14-12-3-16-8/h1-3H,(H,13,14,15). The molecule has 0 saturated heterocycles. The molecule has 1 amide bonds. The molecule has 0 fully saturated rings. The number of carbonyl (C=O) groups is 1. The second-order valence-electron chi connectivity index (χ2n) is 2.68. The highest BCUT2D eigenvalue weighted by molar-refractivity contribution is 7.13. The average molecular weight is 275 g/mol. The normalized spacial score (nSPS) is 10.1. The van der Waals surface area contributed by atoms with Gasteiger partial charge in [-0.1, -0.05) is 34.5 Å². The number of nitrogens with one attached hydrogen (secondary N) is 1. The number of anilines is 1. The number of rotatable bonds is 2. The van der Waals surface area contributed by atoms with Crippen LogP contribution in [-0.4, -0.2) is 21.1 Å². The fourth-order valence-corrected chi connectivity index (χ4v) is 1.86. The highest BCUT2D eigenvalue weighted by Crippen LogP contribution is 2.20. The molecular formula is C8H4Cl2N4OS. The van der Waals surface area contributed by atoms with Crippen molar-refractivity contribution in [3.05, 3.63) is 33.5 Å². The second kappa shape index (κ2) is 4.73. The third-order valence-electron chi connectivity index (χ3n) is 1.65. The number of halogens is 2. The van der Waals surface area contributed by atoms with Crippen molar-refractivity contribution >= 4 is 45.6 Å². The van der Waals surface area contributed by atoms with Gasteiger partial charge < -0.3 is 0 Å². The van der Waals surface area contributed by atoms with E-state index < -0.39 is 5.91 Å². The molecule has 0 radical (unpaired) electrons. The lowest BCUT2D eigenvalue weighted by atomic mass is 10.3. The molecule has 0 bridgehead atoms. The molecule has 0 unspecified atom stereocenters. The Labute approximate surface area is 104 Å². The number of hydrogen-bond donors (Lipinski definition) is 1. The summed E-state index contributed by atoms with van der Waals surface area (Å²) in [6.45, 7) is 0. The maximum absolute atomic E-state index is 11.7. The van der Waals surface area contributed by atoms with Crippen molar-refractivity contribution < 1.29 is 4.79 Å². The first-order valence-electron chi connectivity index (χ1n) is 4.05. The summed E-state index contributed by atoms with van der Waals surface area (Å²) in [5, 5.41) is 10.7. The first-order valence-corrected chi connectivity index (χ1v) is 5.69. The Morgan fingerprint density at radius 2 is 2.25 bits per heavy atom. The number of aromatic nitrogens is 3. The van der Waals surface area contributed by atoms with Crippen LogP contribution >= 0.6 is 34.5 Å². The zero-order valence-electron chi connectivity index (χ0n) is 7.65. The highest BCUT2D eigenvalue weighted by atomic mass is 35.5. The van der Waals surface area contributed by atoms with Crippen LogP contribution in [0.4, 0.5) is 5.13 Å². The van der Waals surface area contributed by atoms with Gasteiger partial charge in [0.25, 0.3) is 5.91 Å². The lowest BCUT2D eigenvalue weighted by molar-refractivity contribution is 0.102. The third-order valence-corrected chi connectivity index (χ3v) is 2.77. The molecule has 0 aliphatic carbocycles. The van der Waals surface area contributed by atoms with Crippen molar-refractivity contribution in [3.63, 3.8) is 0 Å². The van der Waals surface area contributed by atoms with E-state index in [1.165, 1.54) is 29.1 Å². The molecule has 5 nitrogen and oxygen atoms in total. The van der Waals surface area contributed by atoms with Gasteiger partial charge in [0.05, 0.1) is 10.6 Å². The van der Waals surface area contributed by atoms with Crippen molar-refractivity contribution in [2.75, 3.05) is 5.32 Å². The summed E-state index contributed by atoms with van der Waals surface area (Å²) in [4.78, 5) is 15.5. The molecular weight excluding hydrogens is 271 g/mol. The minimum atomic E-state index is -0.397. The quantitative estimate of drug-likeness (QED) is 0.855. The van der Waals surface area contributed by atoms with Gasteiger partial charge in [0.2, 0.25) is 5.13 Å². The maximum atomic E-state index is 11.7. The Balaban J connectivity index is 2.21. The molecule has 0 spiro atoms. The lowest BCUT2D eigenvalue weighted by Gasteiger charge is -2.02. The van der Waals surface area contributed by atoms with Crippen molar-refractivity contribution in [3.8, 4) is 0 Å². The Bertz CT molecular complexity index is 517. The van der Waals surface area contributed by atoms with Crippen LogP contribution < -0.4 is 5.32 Å². The first-order chi connectivity index (χ1) is 7.66. The van der Waals surface area contributed by atoms with Crippen molar-refractivity contribution in [2.24, 2.45) is 0 Å². The fraction of sp³-hybridized carbons (Fsp3) is 0. The Morgan fingerprint density at radius 1 is 1.44 bits per heavy atom. The van der Waals surface area contributed by atoms with Gasteiger partial charge in [0.15, 0.2) is 0 Å². The Kier molecular flexibility index (Phi) is 3.33. The predicted molar refractivity (Wildman–Crippen MR) is 62.1 cm³/mol. The zero-order valence-corrected chi connectivity index (χ0v) is 9.97. The van der Waals surface area contributed by atoms with E-state index in [9.17, 15) is 4.79 Å². The van der Waals surface area contributed by atoms with E-state index in [2.05, 4.69) is 20.5 Å². The third kappa shape index (κ3) is 2.46. The molecule has 8 heteroatoms. The molecule has 0 atom stereocenters. The van der Waals surface area contributed by atoms with Crippen LogP contribution in [0.2, 0.25) is 10.2 Å². The molecule has 0 aliphatic rings. The van der Waals surface area contributed by atoms with E-state index >= 15 is 0 Å². The summed E-state index contributed by atoms with van der Waals surface area (Å²) >= 11 is 12.7. The summed E-state index contributed by atoms with van der Waals surface area (Å²) in [5.74, 6) is -0.397. The monoisotopic (exact) mass is 274 g/mol. The number of amides is 1. The van der Waals surface area contributed by atoms with Gasteiger partial charge in [-0.3, -0.25) is 10.1 Å². The van der Waals surface area contributed by atoms with Gasteiger partial charge in [-0.25, -0.2) is 4.98 Å². The van der Waals surface area contributed by atoms with E-state index in [4.69, 9.17) is 23.2 Å². The van der Waals surface area contributed by atoms with E-state index in [-0.39, 0.29) is 15.7 Å². The van der Waals surface area contributed by atoms with Gasteiger partial charge in [-0.15, -0.1) is 10.2 Å². The minimum absolute atomic E-state index is 0.234. The second-order valence-corrected chi connectivity index (χ2v) is 4.31. The Morgan fingerprint density at radius 3 is 2.88 bits per heavy atom. The number of hydrogen-bond acceptors (Lipinski definition) is 5. The average Bonchev–Trinajstić information content (AvgIpc) is 2.70. The molecule has 2 aromatic heterocycles. The van der Waals surface area contributed by atoms with E-state index in [0.29, 0.717) is 5.13 Å². The fourth-order valence-electron chi connectivity index (χ4n) is 0.967. The van der Waals surface area contributed by atoms with Crippen LogP contribution in [0, 0.1) is 0 Å². The van der Waals surface area contributed by atoms with Crippen LogP contribution in [0.5, 0.6) is 0 Å². The van der Waals surface area contributed by atoms with E-state index in [1.54, 1.807) is 0 Å². The van der Waals surface area contributed by atoms with Crippen LogP contribution in [0.1, 0.15) is 10.4 Å². The van der Waals surface area contributed by atoms with Crippen molar-refractivity contribution in [2.45, 2.75) is 0 Å². The summed E-state index contributed by atoms with van der Waals surface area (Å²) in [7, 11) is 0. The van der Waals surface area contributed by atoms with Crippen LogP contribution in [0.15, 0.2) is 17.8 Å². The number of nitrogens with zero attached hydrogens (tertiary/aromatic N) is 3. The minimum Gasteiger partial charge on any atom is -0.296 e. The SMILES string of the molecule is O=C(Nc1nncs1)c1cnc(Cl)cc1Cl. The van der Waals surface area contributed by atoms with Crippen LogP contribution in [0.3, 0.4) is 0 Å². The smallest absolute Gasteiger partial charge is 0.260 e. The molecule has 0 saturated carbocycles. The van der Waals surface area contributed by atoms with Crippen molar-refractivity contribution in [1.82, 2.24) is 15.2 Å². The van der Waals surface area contributed by atoms with E-state index in [0.717, 1.165) is 0 Å². The molecule has 82 valence electrons. The first kappa shape index (κ1) is 11.3. The molecule has 0 aromatic carbocycles. The molecule has 2 rings (SSSR count). The molecule has 0 aliphatic heterocycles. The molecule has 2 aromatic rings. The van der Waals surface area contributed by atoms with Crippen LogP contribution in [0.25, 0.3) is 0 Å². The molecule has 2 heterocycles. The van der Waals surface area contributed by atoms with Gasteiger partial charge in [-0.05, 0) is 6.07 Å². The summed E-state index contributed by atoms with van der Waals surface area (Å²) in [6.07, 6.45) is 1.31. The summed E-state index contributed by atoms with van der Waals surface area (Å²) < 4.78 is 0.